The average Bonchev–Trinajstić information content (AvgIpc) is 2.56. The maximum atomic E-state index is 12.1. The molecule has 23 heavy (non-hydrogen) atoms. The van der Waals surface area contributed by atoms with Crippen molar-refractivity contribution < 1.29 is 14.3 Å². The van der Waals surface area contributed by atoms with Crippen molar-refractivity contribution in [1.29, 1.82) is 0 Å². The molecule has 0 saturated heterocycles. The van der Waals surface area contributed by atoms with Gasteiger partial charge in [-0.05, 0) is 48.9 Å². The second-order valence-corrected chi connectivity index (χ2v) is 6.57. The van der Waals surface area contributed by atoms with Gasteiger partial charge in [0.15, 0.2) is 0 Å². The van der Waals surface area contributed by atoms with Crippen LogP contribution in [0.25, 0.3) is 0 Å². The molecule has 1 saturated carbocycles. The zero-order chi connectivity index (χ0) is 16.7. The van der Waals surface area contributed by atoms with Gasteiger partial charge in [-0.25, -0.2) is 0 Å². The van der Waals surface area contributed by atoms with E-state index in [1.54, 1.807) is 7.11 Å². The Balaban J connectivity index is 1.64. The first-order valence-corrected chi connectivity index (χ1v) is 8.66. The number of hydrogen-bond donors (Lipinski definition) is 1. The minimum absolute atomic E-state index is 0.147. The molecule has 3 atom stereocenters. The number of nitrogens with one attached hydrogen (secondary N) is 1. The van der Waals surface area contributed by atoms with E-state index in [4.69, 9.17) is 9.47 Å². The smallest absolute Gasteiger partial charge is 0.220 e. The Morgan fingerprint density at radius 1 is 1.17 bits per heavy atom. The van der Waals surface area contributed by atoms with Crippen molar-refractivity contribution in [2.24, 2.45) is 11.8 Å². The van der Waals surface area contributed by atoms with Crippen molar-refractivity contribution >= 4 is 5.91 Å². The van der Waals surface area contributed by atoms with E-state index in [-0.39, 0.29) is 5.91 Å². The van der Waals surface area contributed by atoms with Gasteiger partial charge in [0.25, 0.3) is 0 Å². The third kappa shape index (κ3) is 5.45. The molecule has 0 spiro atoms. The highest BCUT2D eigenvalue weighted by molar-refractivity contribution is 5.76. The van der Waals surface area contributed by atoms with Crippen LogP contribution in [0.4, 0.5) is 0 Å². The van der Waals surface area contributed by atoms with Gasteiger partial charge in [-0.3, -0.25) is 4.79 Å². The molecule has 4 heteroatoms. The molecule has 0 heterocycles. The molecular formula is C19H29NO3. The summed E-state index contributed by atoms with van der Waals surface area (Å²) >= 11 is 0. The van der Waals surface area contributed by atoms with Gasteiger partial charge in [-0.2, -0.15) is 0 Å². The van der Waals surface area contributed by atoms with E-state index >= 15 is 0 Å². The average molecular weight is 319 g/mol. The molecule has 1 aromatic carbocycles. The van der Waals surface area contributed by atoms with E-state index in [1.807, 2.05) is 24.3 Å². The van der Waals surface area contributed by atoms with E-state index in [1.165, 1.54) is 12.8 Å². The third-order valence-corrected chi connectivity index (χ3v) is 4.93. The van der Waals surface area contributed by atoms with Gasteiger partial charge in [-0.1, -0.05) is 26.7 Å². The van der Waals surface area contributed by atoms with E-state index < -0.39 is 0 Å². The molecular weight excluding hydrogens is 290 g/mol. The number of carbonyl (C=O) groups excluding carboxylic acids is 1. The lowest BCUT2D eigenvalue weighted by molar-refractivity contribution is -0.122. The molecule has 0 bridgehead atoms. The van der Waals surface area contributed by atoms with E-state index in [9.17, 15) is 4.79 Å². The summed E-state index contributed by atoms with van der Waals surface area (Å²) < 4.78 is 10.8. The van der Waals surface area contributed by atoms with Crippen molar-refractivity contribution in [2.75, 3.05) is 13.7 Å². The standard InChI is InChI=1S/C19H29NO3/c1-14-6-4-7-18(15(14)2)20-19(21)8-5-13-23-17-11-9-16(22-3)10-12-17/h9-12,14-15,18H,4-8,13H2,1-3H3,(H,20,21)/t14-,15+,18-/m1/s1. The molecule has 1 amide bonds. The molecule has 0 unspecified atom stereocenters. The Morgan fingerprint density at radius 2 is 1.87 bits per heavy atom. The topological polar surface area (TPSA) is 47.6 Å². The second kappa shape index (κ2) is 8.80. The Labute approximate surface area is 139 Å². The molecule has 128 valence electrons. The summed E-state index contributed by atoms with van der Waals surface area (Å²) in [6.45, 7) is 5.09. The molecule has 0 aromatic heterocycles. The van der Waals surface area contributed by atoms with Crippen LogP contribution in [-0.4, -0.2) is 25.7 Å². The maximum absolute atomic E-state index is 12.1. The van der Waals surface area contributed by atoms with Gasteiger partial charge in [0.05, 0.1) is 13.7 Å². The summed E-state index contributed by atoms with van der Waals surface area (Å²) in [5.41, 5.74) is 0. The van der Waals surface area contributed by atoms with Crippen molar-refractivity contribution in [3.63, 3.8) is 0 Å². The fourth-order valence-corrected chi connectivity index (χ4v) is 3.16. The first-order valence-electron chi connectivity index (χ1n) is 8.66. The largest absolute Gasteiger partial charge is 0.497 e. The van der Waals surface area contributed by atoms with Crippen LogP contribution < -0.4 is 14.8 Å². The molecule has 1 aliphatic carbocycles. The van der Waals surface area contributed by atoms with Crippen LogP contribution in [0.1, 0.15) is 46.0 Å². The summed E-state index contributed by atoms with van der Waals surface area (Å²) in [6.07, 6.45) is 4.86. The van der Waals surface area contributed by atoms with Crippen LogP contribution in [0.3, 0.4) is 0 Å². The predicted molar refractivity (Wildman–Crippen MR) is 91.8 cm³/mol. The maximum Gasteiger partial charge on any atom is 0.220 e. The monoisotopic (exact) mass is 319 g/mol. The Hall–Kier alpha value is -1.71. The number of ether oxygens (including phenoxy) is 2. The highest BCUT2D eigenvalue weighted by atomic mass is 16.5. The van der Waals surface area contributed by atoms with Gasteiger partial charge in [0.2, 0.25) is 5.91 Å². The van der Waals surface area contributed by atoms with Crippen LogP contribution in [-0.2, 0) is 4.79 Å². The number of methoxy groups -OCH3 is 1. The summed E-state index contributed by atoms with van der Waals surface area (Å²) in [5.74, 6) is 3.04. The SMILES string of the molecule is COc1ccc(OCCCC(=O)N[C@@H]2CCC[C@@H](C)[C@@H]2C)cc1. The first-order chi connectivity index (χ1) is 11.1. The van der Waals surface area contributed by atoms with Crippen molar-refractivity contribution in [1.82, 2.24) is 5.32 Å². The quantitative estimate of drug-likeness (QED) is 0.778. The number of amides is 1. The minimum Gasteiger partial charge on any atom is -0.497 e. The van der Waals surface area contributed by atoms with Crippen LogP contribution in [0.2, 0.25) is 0 Å². The predicted octanol–water partition coefficient (Wildman–Crippen LogP) is 3.80. The van der Waals surface area contributed by atoms with Gasteiger partial charge >= 0.3 is 0 Å². The van der Waals surface area contributed by atoms with Crippen molar-refractivity contribution in [3.8, 4) is 11.5 Å². The summed E-state index contributed by atoms with van der Waals surface area (Å²) in [7, 11) is 1.64. The fraction of sp³-hybridized carbons (Fsp3) is 0.632. The number of carbonyl (C=O) groups is 1. The van der Waals surface area contributed by atoms with E-state index in [0.29, 0.717) is 30.9 Å². The summed E-state index contributed by atoms with van der Waals surface area (Å²) in [4.78, 5) is 12.1. The van der Waals surface area contributed by atoms with Gasteiger partial charge < -0.3 is 14.8 Å². The molecule has 0 aliphatic heterocycles. The molecule has 4 nitrogen and oxygen atoms in total. The Kier molecular flexibility index (Phi) is 6.75. The van der Waals surface area contributed by atoms with Gasteiger partial charge in [0.1, 0.15) is 11.5 Å². The molecule has 2 rings (SSSR count). The molecule has 1 fully saturated rings. The lowest BCUT2D eigenvalue weighted by atomic mass is 9.78. The lowest BCUT2D eigenvalue weighted by Gasteiger charge is -2.34. The lowest BCUT2D eigenvalue weighted by Crippen LogP contribution is -2.43. The Bertz CT molecular complexity index is 486. The molecule has 1 aromatic rings. The molecule has 0 radical (unpaired) electrons. The van der Waals surface area contributed by atoms with Crippen LogP contribution in [0.15, 0.2) is 24.3 Å². The van der Waals surface area contributed by atoms with Crippen LogP contribution in [0, 0.1) is 11.8 Å². The van der Waals surface area contributed by atoms with E-state index in [2.05, 4.69) is 19.2 Å². The highest BCUT2D eigenvalue weighted by Crippen LogP contribution is 2.29. The minimum atomic E-state index is 0.147. The highest BCUT2D eigenvalue weighted by Gasteiger charge is 2.27. The van der Waals surface area contributed by atoms with Crippen molar-refractivity contribution in [2.45, 2.75) is 52.0 Å². The fourth-order valence-electron chi connectivity index (χ4n) is 3.16. The number of hydrogen-bond acceptors (Lipinski definition) is 3. The molecule has 1 N–H and O–H groups in total. The number of benzene rings is 1. The van der Waals surface area contributed by atoms with Crippen LogP contribution in [0.5, 0.6) is 11.5 Å². The Morgan fingerprint density at radius 3 is 2.57 bits per heavy atom. The zero-order valence-electron chi connectivity index (χ0n) is 14.5. The van der Waals surface area contributed by atoms with Gasteiger partial charge in [0, 0.05) is 12.5 Å². The summed E-state index contributed by atoms with van der Waals surface area (Å²) in [5, 5.41) is 3.20. The first kappa shape index (κ1) is 17.6. The third-order valence-electron chi connectivity index (χ3n) is 4.93. The zero-order valence-corrected chi connectivity index (χ0v) is 14.5. The number of rotatable bonds is 7. The molecule has 1 aliphatic rings. The normalized spacial score (nSPS) is 24.0. The van der Waals surface area contributed by atoms with Gasteiger partial charge in [-0.15, -0.1) is 0 Å². The van der Waals surface area contributed by atoms with E-state index in [0.717, 1.165) is 24.3 Å². The van der Waals surface area contributed by atoms with Crippen molar-refractivity contribution in [3.05, 3.63) is 24.3 Å². The summed E-state index contributed by atoms with van der Waals surface area (Å²) in [6, 6.07) is 7.84. The van der Waals surface area contributed by atoms with Crippen LogP contribution >= 0.6 is 0 Å². The second-order valence-electron chi connectivity index (χ2n) is 6.57.